The fraction of sp³-hybridized carbons (Fsp3) is 0.458. The number of nitrogens with zero attached hydrogens (tertiary/aromatic N) is 4. The SMILES string of the molecule is CCNC(=NCc1c(CC)noc1CC)NCCCc1cn(-c2ccccc2)nc1C.I. The molecule has 3 rings (SSSR count). The zero-order valence-electron chi connectivity index (χ0n) is 19.5. The third-order valence-electron chi connectivity index (χ3n) is 5.28. The zero-order chi connectivity index (χ0) is 22.1. The first-order chi connectivity index (χ1) is 15.2. The molecule has 0 aliphatic rings. The van der Waals surface area contributed by atoms with E-state index in [-0.39, 0.29) is 24.0 Å². The van der Waals surface area contributed by atoms with Crippen molar-refractivity contribution in [1.82, 2.24) is 25.6 Å². The smallest absolute Gasteiger partial charge is 0.191 e. The van der Waals surface area contributed by atoms with Crippen LogP contribution in [0.15, 0.2) is 46.0 Å². The summed E-state index contributed by atoms with van der Waals surface area (Å²) in [5.41, 5.74) is 5.56. The highest BCUT2D eigenvalue weighted by molar-refractivity contribution is 14.0. The Hall–Kier alpha value is -2.36. The van der Waals surface area contributed by atoms with Gasteiger partial charge in [0.1, 0.15) is 5.76 Å². The standard InChI is InChI=1S/C24H34N6O.HI/c1-5-22-21(23(6-2)31-29-22)16-27-24(25-7-3)26-15-11-12-19-17-30(28-18(19)4)20-13-9-8-10-14-20;/h8-10,13-14,17H,5-7,11-12,15-16H2,1-4H3,(H2,25,26,27);1H. The molecular formula is C24H35IN6O. The first-order valence-electron chi connectivity index (χ1n) is 11.2. The van der Waals surface area contributed by atoms with Crippen molar-refractivity contribution in [2.24, 2.45) is 4.99 Å². The lowest BCUT2D eigenvalue weighted by Crippen LogP contribution is -2.37. The number of para-hydroxylation sites is 1. The fourth-order valence-corrected chi connectivity index (χ4v) is 3.56. The molecule has 32 heavy (non-hydrogen) atoms. The number of hydrogen-bond acceptors (Lipinski definition) is 4. The van der Waals surface area contributed by atoms with Crippen LogP contribution in [0.4, 0.5) is 0 Å². The van der Waals surface area contributed by atoms with E-state index in [2.05, 4.69) is 66.9 Å². The fourth-order valence-electron chi connectivity index (χ4n) is 3.56. The van der Waals surface area contributed by atoms with Gasteiger partial charge in [-0.25, -0.2) is 9.67 Å². The van der Waals surface area contributed by atoms with Gasteiger partial charge in [0.25, 0.3) is 0 Å². The van der Waals surface area contributed by atoms with E-state index in [4.69, 9.17) is 9.52 Å². The lowest BCUT2D eigenvalue weighted by atomic mass is 10.1. The van der Waals surface area contributed by atoms with Gasteiger partial charge in [-0.3, -0.25) is 0 Å². The first kappa shape index (κ1) is 25.9. The Bertz CT molecular complexity index is 958. The highest BCUT2D eigenvalue weighted by Gasteiger charge is 2.13. The minimum absolute atomic E-state index is 0. The summed E-state index contributed by atoms with van der Waals surface area (Å²) >= 11 is 0. The average molecular weight is 550 g/mol. The molecule has 0 saturated heterocycles. The molecule has 0 radical (unpaired) electrons. The maximum atomic E-state index is 5.45. The van der Waals surface area contributed by atoms with Gasteiger partial charge < -0.3 is 15.2 Å². The van der Waals surface area contributed by atoms with Crippen LogP contribution in [0.1, 0.15) is 55.5 Å². The van der Waals surface area contributed by atoms with Crippen molar-refractivity contribution in [3.05, 3.63) is 64.8 Å². The Morgan fingerprint density at radius 2 is 1.88 bits per heavy atom. The van der Waals surface area contributed by atoms with Crippen molar-refractivity contribution >= 4 is 29.9 Å². The number of benzene rings is 1. The molecule has 0 unspecified atom stereocenters. The number of aryl methyl sites for hydroxylation is 4. The molecule has 7 nitrogen and oxygen atoms in total. The largest absolute Gasteiger partial charge is 0.361 e. The maximum Gasteiger partial charge on any atom is 0.191 e. The number of nitrogens with one attached hydrogen (secondary N) is 2. The number of guanidine groups is 1. The van der Waals surface area contributed by atoms with Gasteiger partial charge >= 0.3 is 0 Å². The van der Waals surface area contributed by atoms with E-state index in [1.165, 1.54) is 5.56 Å². The highest BCUT2D eigenvalue weighted by atomic mass is 127. The number of halogens is 1. The molecule has 0 amide bonds. The van der Waals surface area contributed by atoms with Gasteiger partial charge in [0, 0.05) is 31.3 Å². The van der Waals surface area contributed by atoms with Crippen LogP contribution in [0.25, 0.3) is 5.69 Å². The van der Waals surface area contributed by atoms with E-state index in [1.807, 2.05) is 22.9 Å². The summed E-state index contributed by atoms with van der Waals surface area (Å²) in [7, 11) is 0. The van der Waals surface area contributed by atoms with E-state index >= 15 is 0 Å². The summed E-state index contributed by atoms with van der Waals surface area (Å²) in [5, 5.41) is 15.6. The van der Waals surface area contributed by atoms with E-state index in [0.717, 1.165) is 73.1 Å². The Morgan fingerprint density at radius 3 is 2.56 bits per heavy atom. The minimum atomic E-state index is 0. The van der Waals surface area contributed by atoms with Crippen LogP contribution < -0.4 is 10.6 Å². The number of aliphatic imine (C=N–C) groups is 1. The van der Waals surface area contributed by atoms with Crippen LogP contribution >= 0.6 is 24.0 Å². The molecule has 0 bridgehead atoms. The van der Waals surface area contributed by atoms with Gasteiger partial charge in [-0.15, -0.1) is 24.0 Å². The summed E-state index contributed by atoms with van der Waals surface area (Å²) < 4.78 is 7.41. The van der Waals surface area contributed by atoms with Crippen LogP contribution in [-0.4, -0.2) is 34.0 Å². The molecule has 0 fully saturated rings. The second-order valence-electron chi connectivity index (χ2n) is 7.48. The van der Waals surface area contributed by atoms with Crippen molar-refractivity contribution in [1.29, 1.82) is 0 Å². The van der Waals surface area contributed by atoms with Gasteiger partial charge in [-0.1, -0.05) is 37.2 Å². The van der Waals surface area contributed by atoms with Crippen molar-refractivity contribution in [2.45, 2.75) is 59.9 Å². The van der Waals surface area contributed by atoms with E-state index in [1.54, 1.807) is 0 Å². The van der Waals surface area contributed by atoms with Crippen LogP contribution in [0.2, 0.25) is 0 Å². The van der Waals surface area contributed by atoms with Crippen molar-refractivity contribution in [3.63, 3.8) is 0 Å². The molecule has 2 aromatic heterocycles. The van der Waals surface area contributed by atoms with Crippen molar-refractivity contribution < 1.29 is 4.52 Å². The van der Waals surface area contributed by atoms with Crippen molar-refractivity contribution in [3.8, 4) is 5.69 Å². The predicted molar refractivity (Wildman–Crippen MR) is 140 cm³/mol. The molecule has 0 atom stereocenters. The van der Waals surface area contributed by atoms with E-state index in [9.17, 15) is 0 Å². The highest BCUT2D eigenvalue weighted by Crippen LogP contribution is 2.17. The molecule has 0 aliphatic heterocycles. The third-order valence-corrected chi connectivity index (χ3v) is 5.28. The number of rotatable bonds is 10. The van der Waals surface area contributed by atoms with Crippen LogP contribution in [0.5, 0.6) is 0 Å². The van der Waals surface area contributed by atoms with Gasteiger partial charge in [0.2, 0.25) is 0 Å². The first-order valence-corrected chi connectivity index (χ1v) is 11.2. The molecular weight excluding hydrogens is 515 g/mol. The maximum absolute atomic E-state index is 5.45. The summed E-state index contributed by atoms with van der Waals surface area (Å²) in [4.78, 5) is 4.76. The van der Waals surface area contributed by atoms with Gasteiger partial charge in [0.05, 0.1) is 23.6 Å². The zero-order valence-corrected chi connectivity index (χ0v) is 21.8. The molecule has 0 spiro atoms. The summed E-state index contributed by atoms with van der Waals surface area (Å²) in [6.45, 7) is 10.6. The van der Waals surface area contributed by atoms with Crippen LogP contribution in [0.3, 0.4) is 0 Å². The van der Waals surface area contributed by atoms with Gasteiger partial charge in [0.15, 0.2) is 5.96 Å². The van der Waals surface area contributed by atoms with E-state index in [0.29, 0.717) is 6.54 Å². The number of aromatic nitrogens is 3. The number of hydrogen-bond donors (Lipinski definition) is 2. The summed E-state index contributed by atoms with van der Waals surface area (Å²) in [6.07, 6.45) is 5.79. The Balaban J connectivity index is 0.00000363. The second-order valence-corrected chi connectivity index (χ2v) is 7.48. The molecule has 2 N–H and O–H groups in total. The molecule has 8 heteroatoms. The Morgan fingerprint density at radius 1 is 1.09 bits per heavy atom. The summed E-state index contributed by atoms with van der Waals surface area (Å²) in [5.74, 6) is 1.76. The molecule has 1 aromatic carbocycles. The minimum Gasteiger partial charge on any atom is -0.361 e. The normalized spacial score (nSPS) is 11.3. The third kappa shape index (κ3) is 6.82. The molecule has 0 saturated carbocycles. The van der Waals surface area contributed by atoms with Crippen LogP contribution in [0, 0.1) is 6.92 Å². The van der Waals surface area contributed by atoms with Crippen molar-refractivity contribution in [2.75, 3.05) is 13.1 Å². The Labute approximate surface area is 208 Å². The molecule has 174 valence electrons. The monoisotopic (exact) mass is 550 g/mol. The topological polar surface area (TPSA) is 80.3 Å². The van der Waals surface area contributed by atoms with Gasteiger partial charge in [-0.2, -0.15) is 5.10 Å². The lowest BCUT2D eigenvalue weighted by molar-refractivity contribution is 0.380. The Kier molecular flexibility index (Phi) is 10.7. The second kappa shape index (κ2) is 13.2. The van der Waals surface area contributed by atoms with E-state index < -0.39 is 0 Å². The molecule has 0 aliphatic carbocycles. The average Bonchev–Trinajstić information content (AvgIpc) is 3.38. The van der Waals surface area contributed by atoms with Crippen LogP contribution in [-0.2, 0) is 25.8 Å². The predicted octanol–water partition coefficient (Wildman–Crippen LogP) is 4.60. The van der Waals surface area contributed by atoms with Gasteiger partial charge in [-0.05, 0) is 50.8 Å². The molecule has 2 heterocycles. The quantitative estimate of drug-likeness (QED) is 0.167. The lowest BCUT2D eigenvalue weighted by Gasteiger charge is -2.11. The summed E-state index contributed by atoms with van der Waals surface area (Å²) in [6, 6.07) is 10.2. The molecule has 3 aromatic rings.